The smallest absolute Gasteiger partial charge is 0.264 e. The van der Waals surface area contributed by atoms with E-state index in [1.165, 1.54) is 116 Å². The van der Waals surface area contributed by atoms with Crippen molar-refractivity contribution in [2.45, 2.75) is 46.0 Å². The summed E-state index contributed by atoms with van der Waals surface area (Å²) < 4.78 is 1.43. The molecule has 4 heteroatoms. The second kappa shape index (κ2) is 11.7. The molecule has 0 saturated heterocycles. The number of hydrogen-bond donors (Lipinski definition) is 0. The van der Waals surface area contributed by atoms with E-state index in [4.69, 9.17) is 0 Å². The number of fused-ring (bicyclic) bond motifs is 15. The molecule has 12 rings (SSSR count). The van der Waals surface area contributed by atoms with Gasteiger partial charge in [0.15, 0.2) is 0 Å². The maximum absolute atomic E-state index is 2.64. The van der Waals surface area contributed by atoms with Crippen molar-refractivity contribution in [3.8, 4) is 22.3 Å². The summed E-state index contributed by atoms with van der Waals surface area (Å²) in [6.07, 6.45) is 0. The lowest BCUT2D eigenvalue weighted by Crippen LogP contribution is -2.60. The predicted octanol–water partition coefficient (Wildman–Crippen LogP) is 12.2. The van der Waals surface area contributed by atoms with E-state index in [9.17, 15) is 0 Å². The monoisotopic (exact) mass is 748 g/mol. The molecule has 1 aromatic heterocycles. The van der Waals surface area contributed by atoms with Crippen LogP contribution in [-0.4, -0.2) is 6.71 Å². The number of hydrogen-bond acceptors (Lipinski definition) is 3. The molecule has 0 bridgehead atoms. The summed E-state index contributed by atoms with van der Waals surface area (Å²) in [5.74, 6) is 0.416. The van der Waals surface area contributed by atoms with Gasteiger partial charge in [-0.3, -0.25) is 0 Å². The lowest BCUT2D eigenvalue weighted by Gasteiger charge is -2.43. The van der Waals surface area contributed by atoms with Crippen molar-refractivity contribution >= 4 is 67.9 Å². The van der Waals surface area contributed by atoms with Crippen LogP contribution in [0.1, 0.15) is 63.6 Å². The molecule has 0 amide bonds. The third-order valence-electron chi connectivity index (χ3n) is 13.2. The summed E-state index contributed by atoms with van der Waals surface area (Å²) in [5.41, 5.74) is 24.7. The average molecular weight is 749 g/mol. The van der Waals surface area contributed by atoms with E-state index >= 15 is 0 Å². The SMILES string of the molecule is Cc1ccc(N2c3ccccc3B3c4sc5c(c4N(c4ccc(C)cc4)c4cc(C)cc2c43)-c2ccc(C(C)C)cc2C52c3ccccc3-c3ccccc32)cc1. The molecule has 0 N–H and O–H groups in total. The fourth-order valence-corrected chi connectivity index (χ4v) is 12.4. The van der Waals surface area contributed by atoms with Crippen molar-refractivity contribution in [1.82, 2.24) is 0 Å². The first kappa shape index (κ1) is 33.1. The van der Waals surface area contributed by atoms with Crippen molar-refractivity contribution in [1.29, 1.82) is 0 Å². The summed E-state index contributed by atoms with van der Waals surface area (Å²) in [4.78, 5) is 6.60. The Morgan fingerprint density at radius 1 is 0.526 bits per heavy atom. The van der Waals surface area contributed by atoms with Crippen molar-refractivity contribution < 1.29 is 0 Å². The third-order valence-corrected chi connectivity index (χ3v) is 14.6. The van der Waals surface area contributed by atoms with Gasteiger partial charge in [-0.1, -0.05) is 134 Å². The van der Waals surface area contributed by atoms with Crippen molar-refractivity contribution in [2.24, 2.45) is 0 Å². The first-order chi connectivity index (χ1) is 27.8. The highest BCUT2D eigenvalue weighted by Crippen LogP contribution is 2.67. The normalized spacial score (nSPS) is 14.6. The molecule has 0 atom stereocenters. The van der Waals surface area contributed by atoms with Crippen LogP contribution < -0.4 is 25.5 Å². The lowest BCUT2D eigenvalue weighted by atomic mass is 9.36. The number of thiophene rings is 1. The molecule has 2 aliphatic carbocycles. The van der Waals surface area contributed by atoms with Gasteiger partial charge in [0.05, 0.1) is 11.1 Å². The van der Waals surface area contributed by atoms with Gasteiger partial charge in [-0.2, -0.15) is 0 Å². The number of rotatable bonds is 3. The van der Waals surface area contributed by atoms with Crippen LogP contribution in [-0.2, 0) is 5.41 Å². The van der Waals surface area contributed by atoms with E-state index in [1.807, 2.05) is 0 Å². The zero-order valence-corrected chi connectivity index (χ0v) is 33.7. The summed E-state index contributed by atoms with van der Waals surface area (Å²) in [6, 6.07) is 58.2. The zero-order chi connectivity index (χ0) is 38.3. The molecule has 0 fully saturated rings. The molecule has 8 aromatic rings. The molecule has 0 saturated carbocycles. The fourth-order valence-electron chi connectivity index (χ4n) is 10.7. The molecular weight excluding hydrogens is 707 g/mol. The number of nitrogens with zero attached hydrogens (tertiary/aromatic N) is 2. The van der Waals surface area contributed by atoms with Crippen LogP contribution in [0, 0.1) is 20.8 Å². The van der Waals surface area contributed by atoms with Gasteiger partial charge in [-0.05, 0) is 125 Å². The largest absolute Gasteiger partial charge is 0.311 e. The van der Waals surface area contributed by atoms with Gasteiger partial charge in [0.1, 0.15) is 0 Å². The van der Waals surface area contributed by atoms with Crippen LogP contribution >= 0.6 is 11.3 Å². The van der Waals surface area contributed by atoms with Gasteiger partial charge in [-0.25, -0.2) is 0 Å². The average Bonchev–Trinajstić information content (AvgIpc) is 3.85. The molecule has 0 radical (unpaired) electrons. The van der Waals surface area contributed by atoms with Crippen LogP contribution in [0.4, 0.5) is 34.1 Å². The minimum Gasteiger partial charge on any atom is -0.311 e. The summed E-state index contributed by atoms with van der Waals surface area (Å²) >= 11 is 2.07. The maximum Gasteiger partial charge on any atom is 0.264 e. The molecule has 2 aliphatic heterocycles. The number of aryl methyl sites for hydroxylation is 3. The zero-order valence-electron chi connectivity index (χ0n) is 32.9. The van der Waals surface area contributed by atoms with Crippen LogP contribution in [0.5, 0.6) is 0 Å². The molecule has 7 aromatic carbocycles. The van der Waals surface area contributed by atoms with Crippen LogP contribution in [0.15, 0.2) is 152 Å². The Labute approximate surface area is 339 Å². The Bertz CT molecular complexity index is 2940. The van der Waals surface area contributed by atoms with Gasteiger partial charge in [-0.15, -0.1) is 11.3 Å². The number of para-hydroxylation sites is 1. The second-order valence-corrected chi connectivity index (χ2v) is 17.9. The van der Waals surface area contributed by atoms with E-state index in [2.05, 4.69) is 207 Å². The third kappa shape index (κ3) is 4.26. The first-order valence-corrected chi connectivity index (χ1v) is 21.1. The van der Waals surface area contributed by atoms with Crippen LogP contribution in [0.25, 0.3) is 22.3 Å². The topological polar surface area (TPSA) is 6.48 Å². The molecule has 1 spiro atoms. The molecule has 0 unspecified atom stereocenters. The van der Waals surface area contributed by atoms with Crippen LogP contribution in [0.3, 0.4) is 0 Å². The Balaban J connectivity index is 1.24. The Morgan fingerprint density at radius 3 is 1.75 bits per heavy atom. The van der Waals surface area contributed by atoms with Gasteiger partial charge >= 0.3 is 0 Å². The number of anilines is 6. The molecule has 3 heterocycles. The summed E-state index contributed by atoms with van der Waals surface area (Å²) in [7, 11) is 0. The van der Waals surface area contributed by atoms with E-state index < -0.39 is 5.41 Å². The Hall–Kier alpha value is -6.10. The standard InChI is InChI=1S/C53H41BN2S/c1-31(2)35-22-27-40-43(30-35)53(41-14-8-6-12-38(41)39-13-7-9-15-42(39)53)51-48(40)50-52(57-51)54-44-16-10-11-17-45(44)55(36-23-18-32(3)19-24-36)46-28-34(5)29-47(49(46)54)56(50)37-25-20-33(4)21-26-37/h6-31H,1-5H3. The number of benzene rings is 7. The minimum atomic E-state index is -0.420. The molecule has 2 nitrogen and oxygen atoms in total. The van der Waals surface area contributed by atoms with E-state index in [0.717, 1.165) is 0 Å². The van der Waals surface area contributed by atoms with Crippen LogP contribution in [0.2, 0.25) is 0 Å². The van der Waals surface area contributed by atoms with E-state index in [-0.39, 0.29) is 6.71 Å². The highest BCUT2D eigenvalue weighted by Gasteiger charge is 2.56. The molecular formula is C53H41BN2S. The van der Waals surface area contributed by atoms with E-state index in [1.54, 1.807) is 0 Å². The molecule has 4 aliphatic rings. The second-order valence-electron chi connectivity index (χ2n) is 16.9. The van der Waals surface area contributed by atoms with E-state index in [0.29, 0.717) is 5.92 Å². The van der Waals surface area contributed by atoms with Gasteiger partial charge in [0, 0.05) is 43.7 Å². The van der Waals surface area contributed by atoms with Crippen molar-refractivity contribution in [3.63, 3.8) is 0 Å². The van der Waals surface area contributed by atoms with Crippen molar-refractivity contribution in [3.05, 3.63) is 195 Å². The summed E-state index contributed by atoms with van der Waals surface area (Å²) in [6.45, 7) is 11.4. The predicted molar refractivity (Wildman–Crippen MR) is 243 cm³/mol. The Morgan fingerprint density at radius 2 is 1.11 bits per heavy atom. The van der Waals surface area contributed by atoms with Gasteiger partial charge in [0.25, 0.3) is 6.71 Å². The molecule has 57 heavy (non-hydrogen) atoms. The first-order valence-electron chi connectivity index (χ1n) is 20.3. The Kier molecular flexibility index (Phi) is 6.80. The fraction of sp³-hybridized carbons (Fsp3) is 0.132. The van der Waals surface area contributed by atoms with Crippen molar-refractivity contribution in [2.75, 3.05) is 9.80 Å². The highest BCUT2D eigenvalue weighted by atomic mass is 32.1. The lowest BCUT2D eigenvalue weighted by molar-refractivity contribution is 0.799. The summed E-state index contributed by atoms with van der Waals surface area (Å²) in [5, 5.41) is 0. The van der Waals surface area contributed by atoms with Gasteiger partial charge in [0.2, 0.25) is 0 Å². The van der Waals surface area contributed by atoms with Gasteiger partial charge < -0.3 is 9.80 Å². The quantitative estimate of drug-likeness (QED) is 0.166. The maximum atomic E-state index is 2.64. The highest BCUT2D eigenvalue weighted by molar-refractivity contribution is 7.30. The molecule has 272 valence electrons. The minimum absolute atomic E-state index is 0.0723.